The Balaban J connectivity index is 1.88. The van der Waals surface area contributed by atoms with Crippen molar-refractivity contribution in [2.24, 2.45) is 5.73 Å². The van der Waals surface area contributed by atoms with Crippen LogP contribution in [0.5, 0.6) is 0 Å². The van der Waals surface area contributed by atoms with Gasteiger partial charge in [0.05, 0.1) is 5.01 Å². The molecule has 23 heavy (non-hydrogen) atoms. The van der Waals surface area contributed by atoms with Crippen molar-refractivity contribution in [3.63, 3.8) is 0 Å². The lowest BCUT2D eigenvalue weighted by atomic mass is 10.0. The zero-order valence-electron chi connectivity index (χ0n) is 12.6. The van der Waals surface area contributed by atoms with Gasteiger partial charge < -0.3 is 16.0 Å². The molecule has 1 aliphatic heterocycles. The summed E-state index contributed by atoms with van der Waals surface area (Å²) in [6.45, 7) is 1.42. The molecule has 1 aromatic heterocycles. The van der Waals surface area contributed by atoms with Gasteiger partial charge in [0.1, 0.15) is 11.7 Å². The van der Waals surface area contributed by atoms with Crippen LogP contribution in [-0.4, -0.2) is 41.3 Å². The fourth-order valence-corrected chi connectivity index (χ4v) is 3.43. The second-order valence-electron chi connectivity index (χ2n) is 5.27. The third kappa shape index (κ3) is 3.25. The van der Waals surface area contributed by atoms with Crippen LogP contribution in [0.25, 0.3) is 0 Å². The highest BCUT2D eigenvalue weighted by Gasteiger charge is 2.35. The van der Waals surface area contributed by atoms with Crippen LogP contribution >= 0.6 is 11.3 Å². The quantitative estimate of drug-likeness (QED) is 0.874. The highest BCUT2D eigenvalue weighted by atomic mass is 32.1. The molecule has 0 saturated carbocycles. The van der Waals surface area contributed by atoms with E-state index in [4.69, 9.17) is 5.73 Å². The molecule has 0 aliphatic carbocycles. The second-order valence-corrected chi connectivity index (χ2v) is 6.21. The Morgan fingerprint density at radius 2 is 2.17 bits per heavy atom. The van der Waals surface area contributed by atoms with Gasteiger partial charge >= 0.3 is 0 Å². The number of carbonyl (C=O) groups excluding carboxylic acids is 2. The summed E-state index contributed by atoms with van der Waals surface area (Å²) in [4.78, 5) is 31.1. The summed E-state index contributed by atoms with van der Waals surface area (Å²) in [5.74, 6) is -0.374. The number of nitrogens with two attached hydrogens (primary N) is 1. The maximum absolute atomic E-state index is 12.8. The average Bonchev–Trinajstić information content (AvgIpc) is 3.04. The van der Waals surface area contributed by atoms with Gasteiger partial charge in [-0.3, -0.25) is 9.59 Å². The number of hydrogen-bond donors (Lipinski definition) is 2. The van der Waals surface area contributed by atoms with Crippen molar-refractivity contribution in [2.45, 2.75) is 12.5 Å². The second kappa shape index (κ2) is 6.89. The van der Waals surface area contributed by atoms with Gasteiger partial charge in [0.25, 0.3) is 5.91 Å². The van der Waals surface area contributed by atoms with E-state index in [0.717, 1.165) is 10.6 Å². The number of nitrogens with one attached hydrogen (secondary N) is 1. The van der Waals surface area contributed by atoms with Crippen LogP contribution in [0.1, 0.15) is 27.1 Å². The third-order valence-electron chi connectivity index (χ3n) is 3.72. The van der Waals surface area contributed by atoms with E-state index in [9.17, 15) is 9.59 Å². The Labute approximate surface area is 138 Å². The Morgan fingerprint density at radius 3 is 2.91 bits per heavy atom. The number of thiazole rings is 1. The number of nitrogens with zero attached hydrogens (tertiary/aromatic N) is 2. The summed E-state index contributed by atoms with van der Waals surface area (Å²) in [5.41, 5.74) is 6.71. The molecule has 3 N–H and O–H groups in total. The minimum atomic E-state index is -0.614. The molecular weight excluding hydrogens is 312 g/mol. The molecule has 6 nitrogen and oxygen atoms in total. The number of carbonyl (C=O) groups is 2. The first kappa shape index (κ1) is 15.6. The summed E-state index contributed by atoms with van der Waals surface area (Å²) < 4.78 is 0. The molecule has 1 atom stereocenters. The van der Waals surface area contributed by atoms with Gasteiger partial charge in [0, 0.05) is 24.9 Å². The summed E-state index contributed by atoms with van der Waals surface area (Å²) in [5, 5.41) is 5.40. The van der Waals surface area contributed by atoms with Gasteiger partial charge in [-0.05, 0) is 12.1 Å². The smallest absolute Gasteiger partial charge is 0.274 e. The molecule has 1 saturated heterocycles. The molecule has 0 radical (unpaired) electrons. The zero-order chi connectivity index (χ0) is 16.2. The third-order valence-corrected chi connectivity index (χ3v) is 4.63. The molecule has 0 spiro atoms. The minimum Gasteiger partial charge on any atom is -0.352 e. The first-order valence-corrected chi connectivity index (χ1v) is 8.37. The van der Waals surface area contributed by atoms with E-state index in [-0.39, 0.29) is 11.8 Å². The molecule has 0 bridgehead atoms. The van der Waals surface area contributed by atoms with Crippen molar-refractivity contribution < 1.29 is 9.59 Å². The molecule has 1 fully saturated rings. The van der Waals surface area contributed by atoms with Crippen molar-refractivity contribution in [1.82, 2.24) is 15.2 Å². The van der Waals surface area contributed by atoms with Crippen LogP contribution in [0.15, 0.2) is 35.7 Å². The predicted octanol–water partition coefficient (Wildman–Crippen LogP) is 0.958. The van der Waals surface area contributed by atoms with Gasteiger partial charge in [-0.25, -0.2) is 4.98 Å². The lowest BCUT2D eigenvalue weighted by Gasteiger charge is -2.34. The number of hydrogen-bond acceptors (Lipinski definition) is 5. The molecule has 1 aromatic carbocycles. The van der Waals surface area contributed by atoms with E-state index < -0.39 is 6.04 Å². The number of aromatic nitrogens is 1. The van der Waals surface area contributed by atoms with E-state index in [1.54, 1.807) is 10.3 Å². The standard InChI is InChI=1S/C16H18N4O2S/c17-7-6-13-19-12(10-23-13)16(22)20-9-8-18-15(21)14(20)11-4-2-1-3-5-11/h1-5,10,14H,6-9,17H2,(H,18,21). The highest BCUT2D eigenvalue weighted by Crippen LogP contribution is 2.25. The topological polar surface area (TPSA) is 88.3 Å². The Bertz CT molecular complexity index is 701. The van der Waals surface area contributed by atoms with Gasteiger partial charge in [0.15, 0.2) is 0 Å². The number of rotatable bonds is 4. The SMILES string of the molecule is NCCc1nc(C(=O)N2CCNC(=O)C2c2ccccc2)cs1. The van der Waals surface area contributed by atoms with Crippen LogP contribution in [0.2, 0.25) is 0 Å². The molecule has 1 unspecified atom stereocenters. The molecule has 1 aliphatic rings. The van der Waals surface area contributed by atoms with Crippen molar-refractivity contribution in [3.05, 3.63) is 52.0 Å². The Kier molecular flexibility index (Phi) is 4.68. The monoisotopic (exact) mass is 330 g/mol. The summed E-state index contributed by atoms with van der Waals surface area (Å²) >= 11 is 1.43. The van der Waals surface area contributed by atoms with E-state index in [1.807, 2.05) is 30.3 Å². The number of amides is 2. The highest BCUT2D eigenvalue weighted by molar-refractivity contribution is 7.09. The lowest BCUT2D eigenvalue weighted by molar-refractivity contribution is -0.128. The van der Waals surface area contributed by atoms with Crippen LogP contribution in [0.4, 0.5) is 0 Å². The van der Waals surface area contributed by atoms with Crippen LogP contribution in [0.3, 0.4) is 0 Å². The van der Waals surface area contributed by atoms with Crippen LogP contribution in [-0.2, 0) is 11.2 Å². The van der Waals surface area contributed by atoms with Gasteiger partial charge in [-0.1, -0.05) is 30.3 Å². The zero-order valence-corrected chi connectivity index (χ0v) is 13.4. The molecule has 2 heterocycles. The van der Waals surface area contributed by atoms with Crippen molar-refractivity contribution in [3.8, 4) is 0 Å². The maximum Gasteiger partial charge on any atom is 0.274 e. The average molecular weight is 330 g/mol. The lowest BCUT2D eigenvalue weighted by Crippen LogP contribution is -2.52. The van der Waals surface area contributed by atoms with E-state index in [1.165, 1.54) is 11.3 Å². The predicted molar refractivity (Wildman–Crippen MR) is 88.1 cm³/mol. The summed E-state index contributed by atoms with van der Waals surface area (Å²) in [6.07, 6.45) is 0.653. The largest absolute Gasteiger partial charge is 0.352 e. The summed E-state index contributed by atoms with van der Waals surface area (Å²) in [6, 6.07) is 8.71. The van der Waals surface area contributed by atoms with Gasteiger partial charge in [0.2, 0.25) is 5.91 Å². The van der Waals surface area contributed by atoms with Crippen LogP contribution < -0.4 is 11.1 Å². The Hall–Kier alpha value is -2.25. The van der Waals surface area contributed by atoms with Gasteiger partial charge in [-0.2, -0.15) is 0 Å². The van der Waals surface area contributed by atoms with Crippen molar-refractivity contribution in [2.75, 3.05) is 19.6 Å². The Morgan fingerprint density at radius 1 is 1.39 bits per heavy atom. The fourth-order valence-electron chi connectivity index (χ4n) is 2.65. The van der Waals surface area contributed by atoms with Crippen molar-refractivity contribution in [1.29, 1.82) is 0 Å². The minimum absolute atomic E-state index is 0.159. The van der Waals surface area contributed by atoms with E-state index in [0.29, 0.717) is 31.7 Å². The van der Waals surface area contributed by atoms with E-state index in [2.05, 4.69) is 10.3 Å². The normalized spacial score (nSPS) is 17.9. The van der Waals surface area contributed by atoms with Crippen LogP contribution in [0, 0.1) is 0 Å². The number of piperazine rings is 1. The van der Waals surface area contributed by atoms with Crippen molar-refractivity contribution >= 4 is 23.2 Å². The first-order chi connectivity index (χ1) is 11.2. The summed E-state index contributed by atoms with van der Waals surface area (Å²) in [7, 11) is 0. The first-order valence-electron chi connectivity index (χ1n) is 7.49. The molecule has 3 rings (SSSR count). The molecule has 120 valence electrons. The van der Waals surface area contributed by atoms with E-state index >= 15 is 0 Å². The number of benzene rings is 1. The fraction of sp³-hybridized carbons (Fsp3) is 0.312. The molecule has 2 aromatic rings. The molecule has 2 amide bonds. The van der Waals surface area contributed by atoms with Gasteiger partial charge in [-0.15, -0.1) is 11.3 Å². The molecular formula is C16H18N4O2S. The maximum atomic E-state index is 12.8. The molecule has 7 heteroatoms.